The zero-order valence-corrected chi connectivity index (χ0v) is 16.6. The van der Waals surface area contributed by atoms with Crippen LogP contribution < -0.4 is 26.0 Å². The summed E-state index contributed by atoms with van der Waals surface area (Å²) in [5, 5.41) is 18.3. The predicted octanol–water partition coefficient (Wildman–Crippen LogP) is 2.95. The lowest BCUT2D eigenvalue weighted by molar-refractivity contribution is -0.117. The van der Waals surface area contributed by atoms with Crippen LogP contribution in [-0.2, 0) is 4.79 Å². The maximum absolute atomic E-state index is 12.1. The number of rotatable bonds is 4. The SMILES string of the molecule is CC(C)c1cc(Oc2c(Cl)cc(N3NC(=CO)C(=O)NC3=O)cc2Cl)n[nH]c1=O. The van der Waals surface area contributed by atoms with E-state index in [9.17, 15) is 14.4 Å². The van der Waals surface area contributed by atoms with E-state index in [2.05, 4.69) is 15.6 Å². The topological polar surface area (TPSA) is 137 Å². The summed E-state index contributed by atoms with van der Waals surface area (Å²) in [5.41, 5.74) is 2.51. The van der Waals surface area contributed by atoms with Gasteiger partial charge in [0.2, 0.25) is 5.88 Å². The van der Waals surface area contributed by atoms with E-state index in [0.717, 1.165) is 5.01 Å². The first kappa shape index (κ1) is 20.5. The fourth-order valence-corrected chi connectivity index (χ4v) is 3.02. The number of H-pyrrole nitrogens is 1. The Morgan fingerprint density at radius 1 is 1.17 bits per heavy atom. The van der Waals surface area contributed by atoms with Crippen LogP contribution in [0.4, 0.5) is 10.5 Å². The van der Waals surface area contributed by atoms with Gasteiger partial charge >= 0.3 is 6.03 Å². The molecule has 1 aromatic carbocycles. The van der Waals surface area contributed by atoms with Crippen LogP contribution in [0.3, 0.4) is 0 Å². The Morgan fingerprint density at radius 2 is 1.83 bits per heavy atom. The molecule has 0 saturated carbocycles. The number of urea groups is 1. The Morgan fingerprint density at radius 3 is 2.41 bits per heavy atom. The Kier molecular flexibility index (Phi) is 5.66. The van der Waals surface area contributed by atoms with Crippen molar-refractivity contribution < 1.29 is 19.4 Å². The number of aliphatic hydroxyl groups excluding tert-OH is 1. The number of hydrogen-bond acceptors (Lipinski definition) is 7. The average molecular weight is 440 g/mol. The number of ether oxygens (including phenoxy) is 1. The second kappa shape index (κ2) is 8.02. The molecule has 0 spiro atoms. The number of anilines is 1. The van der Waals surface area contributed by atoms with E-state index >= 15 is 0 Å². The number of benzene rings is 1. The minimum absolute atomic E-state index is 0.0348. The molecule has 0 unspecified atom stereocenters. The van der Waals surface area contributed by atoms with E-state index in [1.165, 1.54) is 18.2 Å². The number of hydrogen-bond donors (Lipinski definition) is 4. The molecule has 3 amide bonds. The van der Waals surface area contributed by atoms with Crippen LogP contribution in [0.25, 0.3) is 0 Å². The van der Waals surface area contributed by atoms with E-state index in [1.807, 2.05) is 19.2 Å². The minimum Gasteiger partial charge on any atom is -0.513 e. The standard InChI is InChI=1S/C17H15Cl2N5O5/c1-7(2)9-5-13(21-22-15(9)26)29-14-10(18)3-8(4-11(14)19)24-17(28)20-16(27)12(6-25)23-24/h3-7,23,25H,1-2H3,(H,22,26)(H,20,27,28). The molecular weight excluding hydrogens is 425 g/mol. The molecule has 0 atom stereocenters. The Labute approximate surface area is 174 Å². The molecule has 10 nitrogen and oxygen atoms in total. The first-order valence-corrected chi connectivity index (χ1v) is 8.99. The molecule has 0 aliphatic carbocycles. The number of amides is 3. The Bertz CT molecular complexity index is 1060. The number of aromatic amines is 1. The third kappa shape index (κ3) is 4.13. The van der Waals surface area contributed by atoms with Crippen LogP contribution in [-0.4, -0.2) is 27.2 Å². The largest absolute Gasteiger partial charge is 0.513 e. The van der Waals surface area contributed by atoms with E-state index in [0.29, 0.717) is 11.8 Å². The van der Waals surface area contributed by atoms with Crippen molar-refractivity contribution in [2.24, 2.45) is 0 Å². The van der Waals surface area contributed by atoms with Crippen molar-refractivity contribution >= 4 is 40.8 Å². The van der Waals surface area contributed by atoms with E-state index in [-0.39, 0.29) is 44.5 Å². The minimum atomic E-state index is -0.801. The molecule has 0 radical (unpaired) electrons. The normalized spacial score (nSPS) is 15.5. The van der Waals surface area contributed by atoms with Crippen LogP contribution >= 0.6 is 23.2 Å². The number of nitrogens with one attached hydrogen (secondary N) is 3. The first-order valence-electron chi connectivity index (χ1n) is 8.24. The maximum Gasteiger partial charge on any atom is 0.347 e. The zero-order valence-electron chi connectivity index (χ0n) is 15.1. The molecule has 29 heavy (non-hydrogen) atoms. The quantitative estimate of drug-likeness (QED) is 0.424. The van der Waals surface area contributed by atoms with Crippen molar-refractivity contribution in [3.05, 3.63) is 56.1 Å². The van der Waals surface area contributed by atoms with Crippen LogP contribution in [0.2, 0.25) is 10.0 Å². The monoisotopic (exact) mass is 439 g/mol. The van der Waals surface area contributed by atoms with Crippen LogP contribution in [0.15, 0.2) is 35.0 Å². The van der Waals surface area contributed by atoms with Gasteiger partial charge in [0.05, 0.1) is 15.7 Å². The first-order chi connectivity index (χ1) is 13.7. The lowest BCUT2D eigenvalue weighted by Gasteiger charge is -2.29. The van der Waals surface area contributed by atoms with Crippen LogP contribution in [0.5, 0.6) is 11.6 Å². The molecule has 1 aliphatic rings. The van der Waals surface area contributed by atoms with Gasteiger partial charge in [-0.2, -0.15) is 0 Å². The highest BCUT2D eigenvalue weighted by Crippen LogP contribution is 2.39. The summed E-state index contributed by atoms with van der Waals surface area (Å²) >= 11 is 12.5. The van der Waals surface area contributed by atoms with Gasteiger partial charge in [0.1, 0.15) is 6.26 Å². The molecule has 12 heteroatoms. The summed E-state index contributed by atoms with van der Waals surface area (Å²) in [4.78, 5) is 35.4. The second-order valence-electron chi connectivity index (χ2n) is 6.24. The van der Waals surface area contributed by atoms with Crippen molar-refractivity contribution in [1.82, 2.24) is 20.9 Å². The Balaban J connectivity index is 1.92. The molecule has 4 N–H and O–H groups in total. The predicted molar refractivity (Wildman–Crippen MR) is 105 cm³/mol. The van der Waals surface area contributed by atoms with Gasteiger partial charge in [-0.25, -0.2) is 14.9 Å². The van der Waals surface area contributed by atoms with Gasteiger partial charge in [-0.3, -0.25) is 20.3 Å². The molecule has 3 rings (SSSR count). The van der Waals surface area contributed by atoms with E-state index in [4.69, 9.17) is 33.0 Å². The average Bonchev–Trinajstić information content (AvgIpc) is 2.65. The number of hydrazine groups is 1. The maximum atomic E-state index is 12.1. The molecule has 2 heterocycles. The van der Waals surface area contributed by atoms with Gasteiger partial charge in [-0.15, -0.1) is 5.10 Å². The number of nitrogens with zero attached hydrogens (tertiary/aromatic N) is 2. The van der Waals surface area contributed by atoms with Crippen LogP contribution in [0, 0.1) is 0 Å². The van der Waals surface area contributed by atoms with Crippen molar-refractivity contribution in [2.45, 2.75) is 19.8 Å². The molecule has 0 bridgehead atoms. The lowest BCUT2D eigenvalue weighted by atomic mass is 10.1. The van der Waals surface area contributed by atoms with Crippen molar-refractivity contribution in [3.8, 4) is 11.6 Å². The van der Waals surface area contributed by atoms with Gasteiger partial charge < -0.3 is 9.84 Å². The van der Waals surface area contributed by atoms with Gasteiger partial charge in [-0.05, 0) is 18.1 Å². The highest BCUT2D eigenvalue weighted by atomic mass is 35.5. The lowest BCUT2D eigenvalue weighted by Crippen LogP contribution is -2.58. The van der Waals surface area contributed by atoms with Gasteiger partial charge in [-0.1, -0.05) is 37.0 Å². The molecular formula is C17H15Cl2N5O5. The summed E-state index contributed by atoms with van der Waals surface area (Å²) in [6.45, 7) is 3.69. The third-order valence-corrected chi connectivity index (χ3v) is 4.47. The van der Waals surface area contributed by atoms with Crippen molar-refractivity contribution in [3.63, 3.8) is 0 Å². The number of carbonyl (C=O) groups is 2. The molecule has 1 saturated heterocycles. The summed E-state index contributed by atoms with van der Waals surface area (Å²) in [6, 6.07) is 3.39. The third-order valence-electron chi connectivity index (χ3n) is 3.91. The van der Waals surface area contributed by atoms with Crippen LogP contribution in [0.1, 0.15) is 25.3 Å². The van der Waals surface area contributed by atoms with Gasteiger partial charge in [0.15, 0.2) is 11.4 Å². The van der Waals surface area contributed by atoms with Crippen molar-refractivity contribution in [2.75, 3.05) is 5.01 Å². The van der Waals surface area contributed by atoms with E-state index < -0.39 is 11.9 Å². The smallest absolute Gasteiger partial charge is 0.347 e. The van der Waals surface area contributed by atoms with E-state index in [1.54, 1.807) is 0 Å². The summed E-state index contributed by atoms with van der Waals surface area (Å²) in [5.74, 6) is -0.721. The van der Waals surface area contributed by atoms with Gasteiger partial charge in [0.25, 0.3) is 11.5 Å². The summed E-state index contributed by atoms with van der Waals surface area (Å²) < 4.78 is 5.62. The molecule has 2 aromatic rings. The summed E-state index contributed by atoms with van der Waals surface area (Å²) in [6.07, 6.45) is 0.517. The number of imide groups is 1. The second-order valence-corrected chi connectivity index (χ2v) is 7.05. The highest BCUT2D eigenvalue weighted by Gasteiger charge is 2.29. The number of aliphatic hydroxyl groups is 1. The number of aromatic nitrogens is 2. The number of halogens is 2. The Hall–Kier alpha value is -3.24. The van der Waals surface area contributed by atoms with Gasteiger partial charge in [0, 0.05) is 11.6 Å². The number of carbonyl (C=O) groups excluding carboxylic acids is 2. The fraction of sp³-hybridized carbons (Fsp3) is 0.176. The molecule has 1 aliphatic heterocycles. The summed E-state index contributed by atoms with van der Waals surface area (Å²) in [7, 11) is 0. The molecule has 1 aromatic heterocycles. The zero-order chi connectivity index (χ0) is 21.3. The highest BCUT2D eigenvalue weighted by molar-refractivity contribution is 6.37. The fourth-order valence-electron chi connectivity index (χ4n) is 2.47. The van der Waals surface area contributed by atoms with Crippen molar-refractivity contribution in [1.29, 1.82) is 0 Å². The molecule has 1 fully saturated rings. The molecule has 152 valence electrons.